The molecule has 7 heteroatoms. The fourth-order valence-corrected chi connectivity index (χ4v) is 2.42. The number of ether oxygens (including phenoxy) is 1. The van der Waals surface area contributed by atoms with E-state index in [-0.39, 0.29) is 6.42 Å². The fraction of sp³-hybridized carbons (Fsp3) is 0.200. The van der Waals surface area contributed by atoms with Crippen LogP contribution in [0.1, 0.15) is 27.9 Å². The molecule has 4 nitrogen and oxygen atoms in total. The molecule has 1 atom stereocenters. The molecule has 142 valence electrons. The fourth-order valence-electron chi connectivity index (χ4n) is 2.42. The van der Waals surface area contributed by atoms with Crippen LogP contribution in [0.25, 0.3) is 6.08 Å². The zero-order valence-corrected chi connectivity index (χ0v) is 14.5. The molecule has 0 saturated carbocycles. The van der Waals surface area contributed by atoms with Gasteiger partial charge in [-0.1, -0.05) is 54.6 Å². The molecule has 0 saturated heterocycles. The highest BCUT2D eigenvalue weighted by molar-refractivity contribution is 5.98. The van der Waals surface area contributed by atoms with Gasteiger partial charge in [0.05, 0.1) is 18.2 Å². The number of carbonyl (C=O) groups excluding carboxylic acids is 2. The third kappa shape index (κ3) is 5.70. The maximum Gasteiger partial charge on any atom is 0.417 e. The third-order valence-corrected chi connectivity index (χ3v) is 3.75. The highest BCUT2D eigenvalue weighted by Gasteiger charge is 2.35. The van der Waals surface area contributed by atoms with Crippen molar-refractivity contribution in [2.24, 2.45) is 0 Å². The van der Waals surface area contributed by atoms with E-state index in [1.807, 2.05) is 30.3 Å². The molecule has 0 aliphatic heterocycles. The maximum absolute atomic E-state index is 13.1. The second kappa shape index (κ2) is 9.02. The molecule has 0 spiro atoms. The lowest BCUT2D eigenvalue weighted by Crippen LogP contribution is -2.41. The minimum absolute atomic E-state index is 0.0709. The summed E-state index contributed by atoms with van der Waals surface area (Å²) in [7, 11) is 1.14. The number of methoxy groups -OCH3 is 1. The molecular weight excluding hydrogens is 359 g/mol. The minimum atomic E-state index is -4.68. The average Bonchev–Trinajstić information content (AvgIpc) is 2.66. The third-order valence-electron chi connectivity index (χ3n) is 3.75. The molecule has 0 fully saturated rings. The standard InChI is InChI=1S/C20H18F3NO3/c1-27-19(26)17(13-7-10-14-8-3-2-4-9-14)24-18(25)15-11-5-6-12-16(15)20(21,22)23/h2-12,17H,13H2,1H3,(H,24,25)/b10-7+/t17-/m1/s1. The number of halogens is 3. The number of carbonyl (C=O) groups is 2. The predicted molar refractivity (Wildman–Crippen MR) is 94.8 cm³/mol. The van der Waals surface area contributed by atoms with Gasteiger partial charge in [0, 0.05) is 0 Å². The van der Waals surface area contributed by atoms with Gasteiger partial charge in [-0.3, -0.25) is 4.79 Å². The highest BCUT2D eigenvalue weighted by atomic mass is 19.4. The van der Waals surface area contributed by atoms with Crippen molar-refractivity contribution in [1.82, 2.24) is 5.32 Å². The zero-order chi connectivity index (χ0) is 19.9. The van der Waals surface area contributed by atoms with E-state index in [2.05, 4.69) is 10.1 Å². The molecule has 2 aromatic rings. The van der Waals surface area contributed by atoms with Gasteiger partial charge in [-0.05, 0) is 24.1 Å². The van der Waals surface area contributed by atoms with Gasteiger partial charge >= 0.3 is 12.1 Å². The highest BCUT2D eigenvalue weighted by Crippen LogP contribution is 2.31. The number of hydrogen-bond acceptors (Lipinski definition) is 3. The Morgan fingerprint density at radius 3 is 2.33 bits per heavy atom. The van der Waals surface area contributed by atoms with Gasteiger partial charge in [0.15, 0.2) is 0 Å². The Morgan fingerprint density at radius 2 is 1.70 bits per heavy atom. The second-order valence-corrected chi connectivity index (χ2v) is 5.64. The minimum Gasteiger partial charge on any atom is -0.467 e. The largest absolute Gasteiger partial charge is 0.467 e. The molecule has 1 N–H and O–H groups in total. The van der Waals surface area contributed by atoms with Crippen LogP contribution in [0.5, 0.6) is 0 Å². The van der Waals surface area contributed by atoms with Crippen LogP contribution in [0.2, 0.25) is 0 Å². The molecule has 0 radical (unpaired) electrons. The van der Waals surface area contributed by atoms with Gasteiger partial charge < -0.3 is 10.1 Å². The van der Waals surface area contributed by atoms with Crippen LogP contribution in [0.4, 0.5) is 13.2 Å². The predicted octanol–water partition coefficient (Wildman–Crippen LogP) is 4.08. The number of hydrogen-bond donors (Lipinski definition) is 1. The Balaban J connectivity index is 2.16. The van der Waals surface area contributed by atoms with Crippen molar-refractivity contribution in [3.05, 3.63) is 77.4 Å². The Morgan fingerprint density at radius 1 is 1.07 bits per heavy atom. The van der Waals surface area contributed by atoms with Crippen molar-refractivity contribution in [3.8, 4) is 0 Å². The molecule has 2 rings (SSSR count). The number of rotatable bonds is 6. The summed E-state index contributed by atoms with van der Waals surface area (Å²) in [4.78, 5) is 24.2. The summed E-state index contributed by atoms with van der Waals surface area (Å²) in [6.45, 7) is 0. The topological polar surface area (TPSA) is 55.4 Å². The molecule has 0 bridgehead atoms. The Bertz CT molecular complexity index is 817. The normalized spacial score (nSPS) is 12.6. The van der Waals surface area contributed by atoms with Crippen LogP contribution in [0.3, 0.4) is 0 Å². The SMILES string of the molecule is COC(=O)[C@@H](C/C=C/c1ccccc1)NC(=O)c1ccccc1C(F)(F)F. The van der Waals surface area contributed by atoms with Crippen LogP contribution in [-0.2, 0) is 15.7 Å². The molecule has 0 aliphatic carbocycles. The summed E-state index contributed by atoms with van der Waals surface area (Å²) >= 11 is 0. The van der Waals surface area contributed by atoms with E-state index in [1.54, 1.807) is 12.2 Å². The molecule has 27 heavy (non-hydrogen) atoms. The van der Waals surface area contributed by atoms with Crippen LogP contribution in [-0.4, -0.2) is 25.0 Å². The molecule has 0 aliphatic rings. The molecule has 2 aromatic carbocycles. The summed E-state index contributed by atoms with van der Waals surface area (Å²) in [5.74, 6) is -1.74. The van der Waals surface area contributed by atoms with Crippen molar-refractivity contribution in [2.45, 2.75) is 18.6 Å². The van der Waals surface area contributed by atoms with E-state index in [1.165, 1.54) is 12.1 Å². The summed E-state index contributed by atoms with van der Waals surface area (Å²) in [5.41, 5.74) is -0.730. The van der Waals surface area contributed by atoms with Gasteiger partial charge in [-0.2, -0.15) is 13.2 Å². The van der Waals surface area contributed by atoms with Crippen LogP contribution >= 0.6 is 0 Å². The van der Waals surface area contributed by atoms with E-state index >= 15 is 0 Å². The van der Waals surface area contributed by atoms with E-state index in [0.717, 1.165) is 24.8 Å². The zero-order valence-electron chi connectivity index (χ0n) is 14.5. The van der Waals surface area contributed by atoms with Gasteiger partial charge in [0.1, 0.15) is 6.04 Å². The van der Waals surface area contributed by atoms with Crippen molar-refractivity contribution in [2.75, 3.05) is 7.11 Å². The Labute approximate surface area is 154 Å². The van der Waals surface area contributed by atoms with Crippen LogP contribution < -0.4 is 5.32 Å². The van der Waals surface area contributed by atoms with Gasteiger partial charge in [-0.15, -0.1) is 0 Å². The number of esters is 1. The monoisotopic (exact) mass is 377 g/mol. The summed E-state index contributed by atoms with van der Waals surface area (Å²) in [6.07, 6.45) is -1.22. The number of nitrogens with one attached hydrogen (secondary N) is 1. The first-order valence-electron chi connectivity index (χ1n) is 8.09. The van der Waals surface area contributed by atoms with Gasteiger partial charge in [0.25, 0.3) is 5.91 Å². The quantitative estimate of drug-likeness (QED) is 0.772. The van der Waals surface area contributed by atoms with E-state index in [4.69, 9.17) is 0 Å². The van der Waals surface area contributed by atoms with Gasteiger partial charge in [0.2, 0.25) is 0 Å². The lowest BCUT2D eigenvalue weighted by molar-refractivity contribution is -0.142. The van der Waals surface area contributed by atoms with E-state index in [9.17, 15) is 22.8 Å². The van der Waals surface area contributed by atoms with E-state index < -0.39 is 35.2 Å². The summed E-state index contributed by atoms with van der Waals surface area (Å²) in [5, 5.41) is 2.32. The van der Waals surface area contributed by atoms with Crippen molar-refractivity contribution < 1.29 is 27.5 Å². The lowest BCUT2D eigenvalue weighted by atomic mass is 10.1. The smallest absolute Gasteiger partial charge is 0.417 e. The van der Waals surface area contributed by atoms with E-state index in [0.29, 0.717) is 0 Å². The van der Waals surface area contributed by atoms with Crippen molar-refractivity contribution in [3.63, 3.8) is 0 Å². The van der Waals surface area contributed by atoms with Crippen LogP contribution in [0.15, 0.2) is 60.7 Å². The Hall–Kier alpha value is -3.09. The van der Waals surface area contributed by atoms with Crippen molar-refractivity contribution in [1.29, 1.82) is 0 Å². The summed E-state index contributed by atoms with van der Waals surface area (Å²) < 4.78 is 43.9. The van der Waals surface area contributed by atoms with Crippen LogP contribution in [0, 0.1) is 0 Å². The lowest BCUT2D eigenvalue weighted by Gasteiger charge is -2.17. The van der Waals surface area contributed by atoms with Gasteiger partial charge in [-0.25, -0.2) is 4.79 Å². The maximum atomic E-state index is 13.1. The first-order valence-corrected chi connectivity index (χ1v) is 8.09. The molecule has 0 aromatic heterocycles. The summed E-state index contributed by atoms with van der Waals surface area (Å²) in [6, 6.07) is 12.5. The molecule has 0 unspecified atom stereocenters. The number of alkyl halides is 3. The molecular formula is C20H18F3NO3. The average molecular weight is 377 g/mol. The second-order valence-electron chi connectivity index (χ2n) is 5.64. The number of amides is 1. The number of benzene rings is 2. The Kier molecular flexibility index (Phi) is 6.76. The first-order chi connectivity index (χ1) is 12.8. The molecule has 0 heterocycles. The van der Waals surface area contributed by atoms with Crippen molar-refractivity contribution >= 4 is 18.0 Å². The first kappa shape index (κ1) is 20.2. The molecule has 1 amide bonds.